The van der Waals surface area contributed by atoms with E-state index in [1.54, 1.807) is 0 Å². The molecule has 0 aliphatic heterocycles. The first-order chi connectivity index (χ1) is 5.31. The molecule has 1 atom stereocenters. The number of aliphatic hydroxyl groups excluding tert-OH is 1. The van der Waals surface area contributed by atoms with Crippen molar-refractivity contribution in [3.8, 4) is 0 Å². The molecule has 0 aliphatic carbocycles. The van der Waals surface area contributed by atoms with Crippen LogP contribution in [0.4, 0.5) is 0 Å². The standard InChI is InChI=1S/C7H18N2O2/c8-5-3-1-2-4-7(9)11-6-10/h7,10H,1-6,8-9H2. The van der Waals surface area contributed by atoms with E-state index in [0.29, 0.717) is 0 Å². The summed E-state index contributed by atoms with van der Waals surface area (Å²) >= 11 is 0. The van der Waals surface area contributed by atoms with E-state index in [1.807, 2.05) is 0 Å². The minimum atomic E-state index is -0.322. The second-order valence-corrected chi connectivity index (χ2v) is 2.47. The molecule has 0 aromatic carbocycles. The van der Waals surface area contributed by atoms with Crippen molar-refractivity contribution >= 4 is 0 Å². The van der Waals surface area contributed by atoms with Gasteiger partial charge in [0.2, 0.25) is 0 Å². The molecule has 4 heteroatoms. The largest absolute Gasteiger partial charge is 0.371 e. The van der Waals surface area contributed by atoms with Gasteiger partial charge in [0.05, 0.1) is 0 Å². The molecule has 0 fully saturated rings. The molecule has 4 nitrogen and oxygen atoms in total. The highest BCUT2D eigenvalue weighted by Gasteiger charge is 1.99. The normalized spacial score (nSPS) is 13.4. The Hall–Kier alpha value is -0.160. The summed E-state index contributed by atoms with van der Waals surface area (Å²) in [5.41, 5.74) is 10.8. The quantitative estimate of drug-likeness (QED) is 0.356. The Morgan fingerprint density at radius 1 is 1.27 bits per heavy atom. The van der Waals surface area contributed by atoms with Gasteiger partial charge in [-0.05, 0) is 25.8 Å². The zero-order valence-electron chi connectivity index (χ0n) is 6.83. The lowest BCUT2D eigenvalue weighted by Gasteiger charge is -2.09. The summed E-state index contributed by atoms with van der Waals surface area (Å²) in [7, 11) is 0. The number of rotatable bonds is 7. The number of hydrogen-bond acceptors (Lipinski definition) is 4. The maximum absolute atomic E-state index is 8.32. The third-order valence-electron chi connectivity index (χ3n) is 1.48. The third-order valence-corrected chi connectivity index (χ3v) is 1.48. The van der Waals surface area contributed by atoms with Gasteiger partial charge in [-0.15, -0.1) is 0 Å². The summed E-state index contributed by atoms with van der Waals surface area (Å²) in [5, 5.41) is 8.32. The number of unbranched alkanes of at least 4 members (excludes halogenated alkanes) is 2. The van der Waals surface area contributed by atoms with E-state index >= 15 is 0 Å². The van der Waals surface area contributed by atoms with Gasteiger partial charge in [-0.3, -0.25) is 0 Å². The topological polar surface area (TPSA) is 81.5 Å². The first kappa shape index (κ1) is 10.8. The summed E-state index contributed by atoms with van der Waals surface area (Å²) in [6.45, 7) is 0.439. The minimum Gasteiger partial charge on any atom is -0.371 e. The second kappa shape index (κ2) is 7.94. The highest BCUT2D eigenvalue weighted by Crippen LogP contribution is 2.01. The van der Waals surface area contributed by atoms with E-state index in [9.17, 15) is 0 Å². The van der Waals surface area contributed by atoms with E-state index in [2.05, 4.69) is 0 Å². The molecule has 0 aromatic rings. The molecule has 0 aliphatic rings. The van der Waals surface area contributed by atoms with Crippen molar-refractivity contribution in [2.24, 2.45) is 11.5 Å². The molecule has 0 saturated heterocycles. The lowest BCUT2D eigenvalue weighted by atomic mass is 10.2. The monoisotopic (exact) mass is 162 g/mol. The van der Waals surface area contributed by atoms with Crippen LogP contribution in [0.25, 0.3) is 0 Å². The van der Waals surface area contributed by atoms with Crippen LogP contribution in [0, 0.1) is 0 Å². The minimum absolute atomic E-state index is 0.294. The average Bonchev–Trinajstić information content (AvgIpc) is 1.99. The van der Waals surface area contributed by atoms with Gasteiger partial charge in [0.1, 0.15) is 13.0 Å². The summed E-state index contributed by atoms with van der Waals surface area (Å²) in [6, 6.07) is 0. The lowest BCUT2D eigenvalue weighted by Crippen LogP contribution is -2.24. The van der Waals surface area contributed by atoms with Crippen LogP contribution < -0.4 is 11.5 Å². The van der Waals surface area contributed by atoms with E-state index < -0.39 is 0 Å². The average molecular weight is 162 g/mol. The van der Waals surface area contributed by atoms with Gasteiger partial charge < -0.3 is 21.3 Å². The predicted octanol–water partition coefficient (Wildman–Crippen LogP) is -0.243. The number of aliphatic hydroxyl groups is 1. The van der Waals surface area contributed by atoms with E-state index in [-0.39, 0.29) is 13.0 Å². The van der Waals surface area contributed by atoms with Crippen LogP contribution in [0.2, 0.25) is 0 Å². The van der Waals surface area contributed by atoms with Crippen LogP contribution in [-0.2, 0) is 4.74 Å². The SMILES string of the molecule is NCCCCCC(N)OCO. The van der Waals surface area contributed by atoms with Crippen LogP contribution >= 0.6 is 0 Å². The maximum Gasteiger partial charge on any atom is 0.145 e. The Morgan fingerprint density at radius 2 is 2.00 bits per heavy atom. The highest BCUT2D eigenvalue weighted by atomic mass is 16.6. The van der Waals surface area contributed by atoms with E-state index in [1.165, 1.54) is 0 Å². The maximum atomic E-state index is 8.32. The summed E-state index contributed by atoms with van der Waals surface area (Å²) in [5.74, 6) is 0. The fraction of sp³-hybridized carbons (Fsp3) is 1.00. The van der Waals surface area contributed by atoms with Crippen molar-refractivity contribution in [1.82, 2.24) is 0 Å². The molecule has 68 valence electrons. The van der Waals surface area contributed by atoms with Crippen LogP contribution in [0.15, 0.2) is 0 Å². The molecule has 0 spiro atoms. The Bertz CT molecular complexity index is 80.8. The summed E-state index contributed by atoms with van der Waals surface area (Å²) in [6.07, 6.45) is 3.60. The molecule has 0 saturated carbocycles. The smallest absolute Gasteiger partial charge is 0.145 e. The van der Waals surface area contributed by atoms with Crippen molar-refractivity contribution in [3.63, 3.8) is 0 Å². The molecule has 1 unspecified atom stereocenters. The number of nitrogens with two attached hydrogens (primary N) is 2. The third kappa shape index (κ3) is 7.74. The van der Waals surface area contributed by atoms with Gasteiger partial charge in [-0.2, -0.15) is 0 Å². The Morgan fingerprint density at radius 3 is 2.55 bits per heavy atom. The number of ether oxygens (including phenoxy) is 1. The van der Waals surface area contributed by atoms with Crippen LogP contribution in [0.5, 0.6) is 0 Å². The van der Waals surface area contributed by atoms with Crippen LogP contribution in [0.1, 0.15) is 25.7 Å². The van der Waals surface area contributed by atoms with Crippen molar-refractivity contribution < 1.29 is 9.84 Å². The van der Waals surface area contributed by atoms with Crippen molar-refractivity contribution in [3.05, 3.63) is 0 Å². The zero-order chi connectivity index (χ0) is 8.53. The fourth-order valence-corrected chi connectivity index (χ4v) is 0.846. The van der Waals surface area contributed by atoms with Crippen LogP contribution in [-0.4, -0.2) is 24.7 Å². The predicted molar refractivity (Wildman–Crippen MR) is 43.7 cm³/mol. The van der Waals surface area contributed by atoms with Gasteiger partial charge in [0.25, 0.3) is 0 Å². The number of hydrogen-bond donors (Lipinski definition) is 3. The fourth-order valence-electron chi connectivity index (χ4n) is 0.846. The molecule has 0 bridgehead atoms. The van der Waals surface area contributed by atoms with Crippen molar-refractivity contribution in [2.45, 2.75) is 31.9 Å². The Kier molecular flexibility index (Phi) is 7.83. The van der Waals surface area contributed by atoms with E-state index in [4.69, 9.17) is 21.3 Å². The molecule has 0 amide bonds. The summed E-state index contributed by atoms with van der Waals surface area (Å²) in [4.78, 5) is 0. The molecule has 0 aromatic heterocycles. The van der Waals surface area contributed by atoms with E-state index in [0.717, 1.165) is 32.2 Å². The van der Waals surface area contributed by atoms with Gasteiger partial charge in [0.15, 0.2) is 0 Å². The van der Waals surface area contributed by atoms with Crippen molar-refractivity contribution in [1.29, 1.82) is 0 Å². The zero-order valence-corrected chi connectivity index (χ0v) is 6.83. The van der Waals surface area contributed by atoms with Gasteiger partial charge in [-0.1, -0.05) is 6.42 Å². The van der Waals surface area contributed by atoms with Gasteiger partial charge in [0, 0.05) is 0 Å². The molecule has 0 heterocycles. The molecule has 0 radical (unpaired) electrons. The lowest BCUT2D eigenvalue weighted by molar-refractivity contribution is -0.0507. The van der Waals surface area contributed by atoms with Gasteiger partial charge in [-0.25, -0.2) is 0 Å². The highest BCUT2D eigenvalue weighted by molar-refractivity contribution is 4.49. The molecule has 11 heavy (non-hydrogen) atoms. The molecule has 5 N–H and O–H groups in total. The summed E-state index contributed by atoms with van der Waals surface area (Å²) < 4.78 is 4.72. The first-order valence-corrected chi connectivity index (χ1v) is 3.99. The molecule has 0 rings (SSSR count). The van der Waals surface area contributed by atoms with Gasteiger partial charge >= 0.3 is 0 Å². The van der Waals surface area contributed by atoms with Crippen molar-refractivity contribution in [2.75, 3.05) is 13.3 Å². The Balaban J connectivity index is 2.97. The second-order valence-electron chi connectivity index (χ2n) is 2.47. The molecular formula is C7H18N2O2. The first-order valence-electron chi connectivity index (χ1n) is 3.99. The van der Waals surface area contributed by atoms with Crippen LogP contribution in [0.3, 0.4) is 0 Å². The molecular weight excluding hydrogens is 144 g/mol. The Labute approximate surface area is 67.5 Å².